The molecule has 4 rings (SSSR count). The summed E-state index contributed by atoms with van der Waals surface area (Å²) in [4.78, 5) is 18.7. The van der Waals surface area contributed by atoms with E-state index in [1.165, 1.54) is 24.0 Å². The predicted octanol–water partition coefficient (Wildman–Crippen LogP) is 1.61. The largest absolute Gasteiger partial charge is 0.437 e. The fraction of sp³-hybridized carbons (Fsp3) is 0.412. The molecule has 1 aliphatic rings. The van der Waals surface area contributed by atoms with Crippen LogP contribution < -0.4 is 16.0 Å². The molecular formula is C17H18F4N8O. The van der Waals surface area contributed by atoms with E-state index in [-0.39, 0.29) is 30.2 Å². The second-order valence-electron chi connectivity index (χ2n) is 7.13. The van der Waals surface area contributed by atoms with Crippen LogP contribution in [0.2, 0.25) is 0 Å². The van der Waals surface area contributed by atoms with E-state index in [9.17, 15) is 22.4 Å². The molecule has 0 radical (unpaired) electrons. The molecule has 0 spiro atoms. The highest BCUT2D eigenvalue weighted by Crippen LogP contribution is 2.33. The zero-order valence-electron chi connectivity index (χ0n) is 15.8. The van der Waals surface area contributed by atoms with Gasteiger partial charge in [0.15, 0.2) is 11.3 Å². The van der Waals surface area contributed by atoms with Gasteiger partial charge in [0.05, 0.1) is 18.4 Å². The predicted molar refractivity (Wildman–Crippen MR) is 98.9 cm³/mol. The van der Waals surface area contributed by atoms with Crippen LogP contribution in [-0.4, -0.2) is 55.6 Å². The summed E-state index contributed by atoms with van der Waals surface area (Å²) in [6, 6.07) is 1.25. The Morgan fingerprint density at radius 1 is 1.33 bits per heavy atom. The number of halogens is 4. The first kappa shape index (κ1) is 20.1. The van der Waals surface area contributed by atoms with E-state index in [0.29, 0.717) is 12.4 Å². The monoisotopic (exact) mass is 426 g/mol. The van der Waals surface area contributed by atoms with E-state index < -0.39 is 29.6 Å². The highest BCUT2D eigenvalue weighted by atomic mass is 19.4. The van der Waals surface area contributed by atoms with E-state index in [4.69, 9.17) is 5.73 Å². The SMILES string of the molecule is Cn1cc(NC(=O)c2cnn3ccc(N4C[C@H](N)C[C@H](F)C4)nc23)c(C(F)(F)F)n1. The first-order valence-electron chi connectivity index (χ1n) is 9.03. The average molecular weight is 426 g/mol. The number of aryl methyl sites for hydroxylation is 1. The number of hydrogen-bond acceptors (Lipinski definition) is 6. The van der Waals surface area contributed by atoms with E-state index in [0.717, 1.165) is 10.9 Å². The van der Waals surface area contributed by atoms with Crippen LogP contribution in [0.1, 0.15) is 22.5 Å². The Morgan fingerprint density at radius 3 is 2.80 bits per heavy atom. The Morgan fingerprint density at radius 2 is 2.10 bits per heavy atom. The van der Waals surface area contributed by atoms with Crippen molar-refractivity contribution in [2.45, 2.75) is 24.8 Å². The van der Waals surface area contributed by atoms with Crippen molar-refractivity contribution in [2.24, 2.45) is 12.8 Å². The van der Waals surface area contributed by atoms with Crippen LogP contribution in [0.25, 0.3) is 5.65 Å². The molecule has 30 heavy (non-hydrogen) atoms. The maximum absolute atomic E-state index is 13.9. The van der Waals surface area contributed by atoms with Crippen LogP contribution in [0.4, 0.5) is 29.1 Å². The summed E-state index contributed by atoms with van der Waals surface area (Å²) < 4.78 is 55.5. The molecule has 1 aliphatic heterocycles. The Hall–Kier alpha value is -3.22. The number of carbonyl (C=O) groups excluding carboxylic acids is 1. The normalized spacial score (nSPS) is 20.0. The lowest BCUT2D eigenvalue weighted by Crippen LogP contribution is -2.48. The van der Waals surface area contributed by atoms with Crippen molar-refractivity contribution in [3.05, 3.63) is 35.9 Å². The quantitative estimate of drug-likeness (QED) is 0.617. The molecule has 2 atom stereocenters. The Kier molecular flexibility index (Phi) is 4.84. The van der Waals surface area contributed by atoms with Crippen molar-refractivity contribution >= 4 is 23.1 Å². The molecule has 3 N–H and O–H groups in total. The van der Waals surface area contributed by atoms with E-state index >= 15 is 0 Å². The van der Waals surface area contributed by atoms with Gasteiger partial charge in [0, 0.05) is 32.0 Å². The first-order valence-corrected chi connectivity index (χ1v) is 9.03. The minimum Gasteiger partial charge on any atom is -0.352 e. The summed E-state index contributed by atoms with van der Waals surface area (Å²) in [5, 5.41) is 9.58. The number of nitrogens with two attached hydrogens (primary N) is 1. The number of nitrogens with one attached hydrogen (secondary N) is 1. The number of fused-ring (bicyclic) bond motifs is 1. The minimum absolute atomic E-state index is 0.0352. The van der Waals surface area contributed by atoms with Crippen molar-refractivity contribution in [3.63, 3.8) is 0 Å². The first-order chi connectivity index (χ1) is 14.1. The van der Waals surface area contributed by atoms with Crippen molar-refractivity contribution < 1.29 is 22.4 Å². The number of amides is 1. The Balaban J connectivity index is 1.64. The molecule has 4 heterocycles. The van der Waals surface area contributed by atoms with Crippen LogP contribution in [0.5, 0.6) is 0 Å². The van der Waals surface area contributed by atoms with Gasteiger partial charge >= 0.3 is 6.18 Å². The number of rotatable bonds is 3. The lowest BCUT2D eigenvalue weighted by Gasteiger charge is -2.33. The molecule has 0 bridgehead atoms. The van der Waals surface area contributed by atoms with Crippen molar-refractivity contribution in [3.8, 4) is 0 Å². The molecule has 1 fully saturated rings. The van der Waals surface area contributed by atoms with Crippen molar-refractivity contribution in [1.82, 2.24) is 24.4 Å². The topological polar surface area (TPSA) is 106 Å². The van der Waals surface area contributed by atoms with Crippen molar-refractivity contribution in [1.29, 1.82) is 0 Å². The maximum Gasteiger partial charge on any atom is 0.437 e. The molecule has 1 amide bonds. The molecule has 1 saturated heterocycles. The second kappa shape index (κ2) is 7.23. The van der Waals surface area contributed by atoms with Crippen LogP contribution >= 0.6 is 0 Å². The zero-order chi connectivity index (χ0) is 21.6. The fourth-order valence-corrected chi connectivity index (χ4v) is 3.44. The lowest BCUT2D eigenvalue weighted by atomic mass is 10.1. The highest BCUT2D eigenvalue weighted by molar-refractivity contribution is 6.08. The molecule has 9 nitrogen and oxygen atoms in total. The third-order valence-electron chi connectivity index (χ3n) is 4.70. The third kappa shape index (κ3) is 3.79. The van der Waals surface area contributed by atoms with Gasteiger partial charge in [-0.3, -0.25) is 9.48 Å². The van der Waals surface area contributed by atoms with Crippen LogP contribution in [0.3, 0.4) is 0 Å². The summed E-state index contributed by atoms with van der Waals surface area (Å²) in [7, 11) is 1.31. The van der Waals surface area contributed by atoms with E-state index in [1.54, 1.807) is 11.0 Å². The number of alkyl halides is 4. The van der Waals surface area contributed by atoms with Gasteiger partial charge in [0.25, 0.3) is 5.91 Å². The van der Waals surface area contributed by atoms with Crippen LogP contribution in [-0.2, 0) is 13.2 Å². The molecule has 3 aromatic rings. The van der Waals surface area contributed by atoms with Gasteiger partial charge in [-0.05, 0) is 12.5 Å². The fourth-order valence-electron chi connectivity index (χ4n) is 3.44. The number of carbonyl (C=O) groups is 1. The molecule has 0 saturated carbocycles. The molecule has 0 unspecified atom stereocenters. The van der Waals surface area contributed by atoms with E-state index in [1.807, 2.05) is 0 Å². The van der Waals surface area contributed by atoms with Gasteiger partial charge < -0.3 is 16.0 Å². The summed E-state index contributed by atoms with van der Waals surface area (Å²) in [6.45, 7) is 0.501. The molecular weight excluding hydrogens is 408 g/mol. The molecule has 160 valence electrons. The zero-order valence-corrected chi connectivity index (χ0v) is 15.8. The Labute approximate surface area is 167 Å². The molecule has 3 aromatic heterocycles. The number of anilines is 2. The standard InChI is InChI=1S/C17H18F4N8O/c1-27-8-12(14(26-27)17(19,20)21)24-16(30)11-5-23-29-3-2-13(25-15(11)29)28-6-9(18)4-10(22)7-28/h2-3,5,8-10H,4,6-7,22H2,1H3,(H,24,30)/t9-,10+/m0/s1. The second-order valence-corrected chi connectivity index (χ2v) is 7.13. The summed E-state index contributed by atoms with van der Waals surface area (Å²) in [5.41, 5.74) is 4.27. The minimum atomic E-state index is -4.73. The van der Waals surface area contributed by atoms with Gasteiger partial charge in [-0.2, -0.15) is 23.4 Å². The van der Waals surface area contributed by atoms with Crippen LogP contribution in [0.15, 0.2) is 24.7 Å². The number of piperidine rings is 1. The van der Waals surface area contributed by atoms with E-state index in [2.05, 4.69) is 20.5 Å². The third-order valence-corrected chi connectivity index (χ3v) is 4.70. The van der Waals surface area contributed by atoms with Gasteiger partial charge in [0.1, 0.15) is 17.6 Å². The van der Waals surface area contributed by atoms with Gasteiger partial charge in [-0.1, -0.05) is 0 Å². The van der Waals surface area contributed by atoms with Gasteiger partial charge in [-0.25, -0.2) is 13.9 Å². The average Bonchev–Trinajstić information content (AvgIpc) is 3.23. The lowest BCUT2D eigenvalue weighted by molar-refractivity contribution is -0.140. The molecule has 0 aromatic carbocycles. The van der Waals surface area contributed by atoms with Crippen LogP contribution in [0, 0.1) is 0 Å². The van der Waals surface area contributed by atoms with Gasteiger partial charge in [0.2, 0.25) is 0 Å². The summed E-state index contributed by atoms with van der Waals surface area (Å²) >= 11 is 0. The van der Waals surface area contributed by atoms with Crippen molar-refractivity contribution in [2.75, 3.05) is 23.3 Å². The highest BCUT2D eigenvalue weighted by Gasteiger charge is 2.38. The smallest absolute Gasteiger partial charge is 0.352 e. The maximum atomic E-state index is 13.9. The molecule has 0 aliphatic carbocycles. The summed E-state index contributed by atoms with van der Waals surface area (Å²) in [5.74, 6) is -0.431. The number of nitrogens with zero attached hydrogens (tertiary/aromatic N) is 6. The number of hydrogen-bond donors (Lipinski definition) is 2. The van der Waals surface area contributed by atoms with Gasteiger partial charge in [-0.15, -0.1) is 0 Å². The summed E-state index contributed by atoms with van der Waals surface area (Å²) in [6.07, 6.45) is -1.79. The number of aromatic nitrogens is 5. The molecule has 13 heteroatoms. The Bertz CT molecular complexity index is 1080.